The lowest BCUT2D eigenvalue weighted by molar-refractivity contribution is -0.0326. The van der Waals surface area contributed by atoms with Crippen LogP contribution < -0.4 is 11.3 Å². The summed E-state index contributed by atoms with van der Waals surface area (Å²) in [5.41, 5.74) is 5.07. The Morgan fingerprint density at radius 1 is 1.35 bits per heavy atom. The van der Waals surface area contributed by atoms with Crippen molar-refractivity contribution in [1.82, 2.24) is 14.9 Å². The van der Waals surface area contributed by atoms with Crippen molar-refractivity contribution in [3.63, 3.8) is 0 Å². The van der Waals surface area contributed by atoms with Gasteiger partial charge in [0.15, 0.2) is 5.82 Å². The number of hydrazine groups is 1. The van der Waals surface area contributed by atoms with Crippen LogP contribution in [0.5, 0.6) is 0 Å². The zero-order valence-corrected chi connectivity index (χ0v) is 12.1. The first-order valence-corrected chi connectivity index (χ1v) is 7.52. The van der Waals surface area contributed by atoms with E-state index in [1.807, 2.05) is 0 Å². The van der Waals surface area contributed by atoms with Crippen molar-refractivity contribution in [1.29, 1.82) is 0 Å². The van der Waals surface area contributed by atoms with Crippen molar-refractivity contribution < 1.29 is 4.74 Å². The van der Waals surface area contributed by atoms with E-state index in [0.717, 1.165) is 56.4 Å². The minimum Gasteiger partial charge on any atom is -0.368 e. The zero-order chi connectivity index (χ0) is 13.9. The summed E-state index contributed by atoms with van der Waals surface area (Å²) in [6, 6.07) is 0. The van der Waals surface area contributed by atoms with Crippen molar-refractivity contribution >= 4 is 5.82 Å². The van der Waals surface area contributed by atoms with E-state index >= 15 is 0 Å². The second-order valence-electron chi connectivity index (χ2n) is 5.46. The number of nitrogens with zero attached hydrogens (tertiary/aromatic N) is 3. The molecule has 2 aliphatic rings. The van der Waals surface area contributed by atoms with Gasteiger partial charge in [-0.25, -0.2) is 15.8 Å². The van der Waals surface area contributed by atoms with E-state index in [0.29, 0.717) is 0 Å². The fourth-order valence-electron chi connectivity index (χ4n) is 3.02. The summed E-state index contributed by atoms with van der Waals surface area (Å²) in [5.74, 6) is 7.19. The highest BCUT2D eigenvalue weighted by Crippen LogP contribution is 2.28. The number of aromatic nitrogens is 2. The summed E-state index contributed by atoms with van der Waals surface area (Å²) in [4.78, 5) is 11.7. The van der Waals surface area contributed by atoms with E-state index in [1.54, 1.807) is 0 Å². The van der Waals surface area contributed by atoms with Crippen LogP contribution in [0, 0.1) is 0 Å². The van der Waals surface area contributed by atoms with Gasteiger partial charge < -0.3 is 10.2 Å². The summed E-state index contributed by atoms with van der Waals surface area (Å²) in [7, 11) is 0. The molecule has 110 valence electrons. The molecule has 0 spiro atoms. The number of hydrogen-bond acceptors (Lipinski definition) is 6. The van der Waals surface area contributed by atoms with Gasteiger partial charge >= 0.3 is 0 Å². The molecule has 1 aromatic rings. The largest absolute Gasteiger partial charge is 0.368 e. The number of aryl methyl sites for hydroxylation is 1. The van der Waals surface area contributed by atoms with Crippen molar-refractivity contribution in [2.75, 3.05) is 31.7 Å². The van der Waals surface area contributed by atoms with Gasteiger partial charge in [0.05, 0.1) is 6.61 Å². The highest BCUT2D eigenvalue weighted by Gasteiger charge is 2.26. The number of ether oxygens (including phenoxy) is 1. The predicted octanol–water partition coefficient (Wildman–Crippen LogP) is 1.03. The summed E-state index contributed by atoms with van der Waals surface area (Å²) in [6.45, 7) is 5.79. The number of nitrogens with one attached hydrogen (secondary N) is 1. The molecule has 1 saturated heterocycles. The maximum absolute atomic E-state index is 5.85. The third-order valence-electron chi connectivity index (χ3n) is 4.22. The van der Waals surface area contributed by atoms with Crippen LogP contribution in [-0.4, -0.2) is 41.1 Å². The summed E-state index contributed by atoms with van der Waals surface area (Å²) < 4.78 is 5.85. The van der Waals surface area contributed by atoms with Crippen molar-refractivity contribution in [2.45, 2.75) is 38.7 Å². The Hall–Kier alpha value is -1.24. The van der Waals surface area contributed by atoms with Crippen molar-refractivity contribution in [3.8, 4) is 0 Å². The number of rotatable bonds is 3. The molecule has 0 radical (unpaired) electrons. The first-order valence-electron chi connectivity index (χ1n) is 7.52. The highest BCUT2D eigenvalue weighted by atomic mass is 16.5. The molecule has 1 unspecified atom stereocenters. The van der Waals surface area contributed by atoms with Crippen molar-refractivity contribution in [3.05, 3.63) is 17.1 Å². The monoisotopic (exact) mass is 277 g/mol. The SMILES string of the molecule is CCN1CCOC(c2nc3c(c(NN)n2)CCCC3)C1. The first-order chi connectivity index (χ1) is 9.81. The van der Waals surface area contributed by atoms with Crippen LogP contribution in [0.1, 0.15) is 43.0 Å². The average molecular weight is 277 g/mol. The Morgan fingerprint density at radius 3 is 3.00 bits per heavy atom. The third kappa shape index (κ3) is 2.63. The molecule has 0 aromatic carbocycles. The number of nitrogens with two attached hydrogens (primary N) is 1. The van der Waals surface area contributed by atoms with E-state index in [1.165, 1.54) is 18.4 Å². The smallest absolute Gasteiger partial charge is 0.161 e. The first kappa shape index (κ1) is 13.7. The molecule has 1 fully saturated rings. The molecule has 6 nitrogen and oxygen atoms in total. The standard InChI is InChI=1S/C14H23N5O/c1-2-19-7-8-20-12(9-19)14-16-11-6-4-3-5-10(11)13(17-14)18-15/h12H,2-9,15H2,1H3,(H,16,17,18). The molecule has 0 amide bonds. The molecule has 0 saturated carbocycles. The Kier molecular flexibility index (Phi) is 4.14. The Morgan fingerprint density at radius 2 is 2.20 bits per heavy atom. The lowest BCUT2D eigenvalue weighted by Crippen LogP contribution is -2.39. The zero-order valence-electron chi connectivity index (χ0n) is 12.1. The van der Waals surface area contributed by atoms with E-state index in [2.05, 4.69) is 22.2 Å². The van der Waals surface area contributed by atoms with Crippen LogP contribution in [0.25, 0.3) is 0 Å². The van der Waals surface area contributed by atoms with Crippen LogP contribution in [-0.2, 0) is 17.6 Å². The van der Waals surface area contributed by atoms with E-state index in [4.69, 9.17) is 15.6 Å². The highest BCUT2D eigenvalue weighted by molar-refractivity contribution is 5.47. The number of anilines is 1. The Bertz CT molecular complexity index is 462. The van der Waals surface area contributed by atoms with Gasteiger partial charge in [-0.2, -0.15) is 0 Å². The number of nitrogen functional groups attached to an aromatic ring is 1. The number of fused-ring (bicyclic) bond motifs is 1. The second-order valence-corrected chi connectivity index (χ2v) is 5.46. The molecule has 3 N–H and O–H groups in total. The lowest BCUT2D eigenvalue weighted by atomic mass is 9.96. The fraction of sp³-hybridized carbons (Fsp3) is 0.714. The molecular formula is C14H23N5O. The van der Waals surface area contributed by atoms with Crippen LogP contribution in [0.4, 0.5) is 5.82 Å². The molecule has 1 aromatic heterocycles. The van der Waals surface area contributed by atoms with Gasteiger partial charge in [0.25, 0.3) is 0 Å². The van der Waals surface area contributed by atoms with Crippen LogP contribution in [0.2, 0.25) is 0 Å². The molecule has 1 atom stereocenters. The summed E-state index contributed by atoms with van der Waals surface area (Å²) >= 11 is 0. The molecular weight excluding hydrogens is 254 g/mol. The van der Waals surface area contributed by atoms with Gasteiger partial charge in [0.2, 0.25) is 0 Å². The molecule has 20 heavy (non-hydrogen) atoms. The average Bonchev–Trinajstić information content (AvgIpc) is 2.53. The van der Waals surface area contributed by atoms with E-state index in [9.17, 15) is 0 Å². The molecule has 1 aliphatic carbocycles. The summed E-state index contributed by atoms with van der Waals surface area (Å²) in [6.07, 6.45) is 4.38. The lowest BCUT2D eigenvalue weighted by Gasteiger charge is -2.31. The molecule has 0 bridgehead atoms. The quantitative estimate of drug-likeness (QED) is 0.635. The Labute approximate surface area is 119 Å². The predicted molar refractivity (Wildman–Crippen MR) is 77.3 cm³/mol. The van der Waals surface area contributed by atoms with Crippen molar-refractivity contribution in [2.24, 2.45) is 5.84 Å². The van der Waals surface area contributed by atoms with E-state index < -0.39 is 0 Å². The van der Waals surface area contributed by atoms with Gasteiger partial charge in [0.1, 0.15) is 11.9 Å². The minimum absolute atomic E-state index is 0.0389. The molecule has 1 aliphatic heterocycles. The molecule has 6 heteroatoms. The summed E-state index contributed by atoms with van der Waals surface area (Å²) in [5, 5.41) is 0. The van der Waals surface area contributed by atoms with Crippen LogP contribution in [0.3, 0.4) is 0 Å². The minimum atomic E-state index is -0.0389. The fourth-order valence-corrected chi connectivity index (χ4v) is 3.02. The van der Waals surface area contributed by atoms with Gasteiger partial charge in [-0.05, 0) is 32.2 Å². The maximum Gasteiger partial charge on any atom is 0.161 e. The number of likely N-dealkylation sites (N-methyl/N-ethyl adjacent to an activating group) is 1. The van der Waals surface area contributed by atoms with E-state index in [-0.39, 0.29) is 6.10 Å². The topological polar surface area (TPSA) is 76.3 Å². The van der Waals surface area contributed by atoms with Gasteiger partial charge in [0, 0.05) is 24.3 Å². The molecule has 2 heterocycles. The number of morpholine rings is 1. The van der Waals surface area contributed by atoms with Crippen LogP contribution >= 0.6 is 0 Å². The molecule has 3 rings (SSSR count). The maximum atomic E-state index is 5.85. The third-order valence-corrected chi connectivity index (χ3v) is 4.22. The Balaban J connectivity index is 1.89. The van der Waals surface area contributed by atoms with Gasteiger partial charge in [-0.15, -0.1) is 0 Å². The second kappa shape index (κ2) is 6.03. The van der Waals surface area contributed by atoms with Crippen LogP contribution in [0.15, 0.2) is 0 Å². The number of hydrogen-bond donors (Lipinski definition) is 2. The normalized spacial score (nSPS) is 23.4. The van der Waals surface area contributed by atoms with Gasteiger partial charge in [-0.3, -0.25) is 4.90 Å². The van der Waals surface area contributed by atoms with Gasteiger partial charge in [-0.1, -0.05) is 6.92 Å².